The molecule has 3 heterocycles. The Morgan fingerprint density at radius 1 is 1.03 bits per heavy atom. The minimum atomic E-state index is -0.382. The molecule has 35 heavy (non-hydrogen) atoms. The van der Waals surface area contributed by atoms with E-state index in [-0.39, 0.29) is 23.6 Å². The average molecular weight is 489 g/mol. The van der Waals surface area contributed by atoms with Gasteiger partial charge in [-0.25, -0.2) is 9.97 Å². The molecule has 2 N–H and O–H groups in total. The molecule has 9 heteroatoms. The van der Waals surface area contributed by atoms with Crippen molar-refractivity contribution in [3.05, 3.63) is 87.6 Å². The molecule has 0 radical (unpaired) electrons. The second-order valence-corrected chi connectivity index (χ2v) is 9.17. The third-order valence-electron chi connectivity index (χ3n) is 6.20. The Hall–Kier alpha value is -3.91. The maximum absolute atomic E-state index is 13.7. The zero-order chi connectivity index (χ0) is 24.7. The molecule has 1 atom stereocenters. The maximum Gasteiger partial charge on any atom is 0.264 e. The zero-order valence-corrected chi connectivity index (χ0v) is 20.4. The third kappa shape index (κ3) is 4.00. The van der Waals surface area contributed by atoms with Gasteiger partial charge in [-0.05, 0) is 50.4 Å². The van der Waals surface area contributed by atoms with Gasteiger partial charge in [-0.1, -0.05) is 41.9 Å². The van der Waals surface area contributed by atoms with Crippen molar-refractivity contribution in [2.75, 3.05) is 17.3 Å². The van der Waals surface area contributed by atoms with Crippen LogP contribution in [0.1, 0.15) is 42.9 Å². The molecule has 2 aromatic heterocycles. The van der Waals surface area contributed by atoms with Gasteiger partial charge in [0.15, 0.2) is 0 Å². The van der Waals surface area contributed by atoms with Crippen LogP contribution in [-0.4, -0.2) is 38.1 Å². The summed E-state index contributed by atoms with van der Waals surface area (Å²) in [4.78, 5) is 37.3. The highest BCUT2D eigenvalue weighted by molar-refractivity contribution is 6.35. The average Bonchev–Trinajstić information content (AvgIpc) is 2.84. The van der Waals surface area contributed by atoms with Crippen LogP contribution in [0.4, 0.5) is 11.6 Å². The second-order valence-electron chi connectivity index (χ2n) is 8.76. The number of halogens is 1. The number of carbonyl (C=O) groups is 1. The Balaban J connectivity index is 1.64. The molecule has 1 aliphatic heterocycles. The molecule has 0 bridgehead atoms. The lowest BCUT2D eigenvalue weighted by Crippen LogP contribution is -2.45. The lowest BCUT2D eigenvalue weighted by Gasteiger charge is -2.33. The molecule has 0 spiro atoms. The van der Waals surface area contributed by atoms with Gasteiger partial charge >= 0.3 is 0 Å². The number of fused-ring (bicyclic) bond motifs is 2. The zero-order valence-electron chi connectivity index (χ0n) is 19.6. The standard InChI is InChI=1S/C26H25ClN6O2/c1-15(2)32-14-30-23-22(25(32)34)24(29-13-28-23)31-16(3)20-12-17-8-7-11-19(27)21(17)26(35)33(20)18-9-5-4-6-10-18/h4-13,15-16H,14H2,1-3H3,(H2,28,29,30,31). The number of carbonyl (C=O) groups excluding carboxylic acids is 1. The van der Waals surface area contributed by atoms with Gasteiger partial charge in [-0.15, -0.1) is 0 Å². The Kier molecular flexibility index (Phi) is 5.90. The number of para-hydroxylation sites is 1. The number of aromatic nitrogens is 3. The number of nitrogens with one attached hydrogen (secondary N) is 2. The fourth-order valence-corrected chi connectivity index (χ4v) is 4.67. The molecule has 5 rings (SSSR count). The van der Waals surface area contributed by atoms with E-state index in [9.17, 15) is 9.59 Å². The maximum atomic E-state index is 13.7. The van der Waals surface area contributed by atoms with Gasteiger partial charge in [0, 0.05) is 17.4 Å². The summed E-state index contributed by atoms with van der Waals surface area (Å²) in [5, 5.41) is 8.16. The molecule has 1 aliphatic rings. The summed E-state index contributed by atoms with van der Waals surface area (Å²) >= 11 is 6.42. The number of nitrogens with zero attached hydrogens (tertiary/aromatic N) is 4. The molecule has 4 aromatic rings. The van der Waals surface area contributed by atoms with Crippen LogP contribution in [0, 0.1) is 0 Å². The summed E-state index contributed by atoms with van der Waals surface area (Å²) in [6.45, 7) is 6.24. The van der Waals surface area contributed by atoms with E-state index in [4.69, 9.17) is 11.6 Å². The highest BCUT2D eigenvalue weighted by Crippen LogP contribution is 2.31. The summed E-state index contributed by atoms with van der Waals surface area (Å²) in [6, 6.07) is 16.4. The van der Waals surface area contributed by atoms with Crippen molar-refractivity contribution in [3.63, 3.8) is 0 Å². The summed E-state index contributed by atoms with van der Waals surface area (Å²) in [5.41, 5.74) is 1.60. The lowest BCUT2D eigenvalue weighted by molar-refractivity contribution is 0.0710. The number of hydrogen-bond donors (Lipinski definition) is 2. The fourth-order valence-electron chi connectivity index (χ4n) is 4.40. The van der Waals surface area contributed by atoms with E-state index in [0.29, 0.717) is 40.0 Å². The predicted molar refractivity (Wildman–Crippen MR) is 138 cm³/mol. The van der Waals surface area contributed by atoms with Crippen molar-refractivity contribution in [1.29, 1.82) is 0 Å². The molecular weight excluding hydrogens is 464 g/mol. The highest BCUT2D eigenvalue weighted by Gasteiger charge is 2.31. The van der Waals surface area contributed by atoms with Gasteiger partial charge < -0.3 is 15.5 Å². The van der Waals surface area contributed by atoms with E-state index in [1.807, 2.05) is 69.3 Å². The van der Waals surface area contributed by atoms with E-state index >= 15 is 0 Å². The second kappa shape index (κ2) is 9.03. The van der Waals surface area contributed by atoms with E-state index in [0.717, 1.165) is 11.1 Å². The third-order valence-corrected chi connectivity index (χ3v) is 6.51. The summed E-state index contributed by atoms with van der Waals surface area (Å²) in [5.74, 6) is 0.751. The fraction of sp³-hybridized carbons (Fsp3) is 0.231. The largest absolute Gasteiger partial charge is 0.361 e. The van der Waals surface area contributed by atoms with Gasteiger partial charge in [0.25, 0.3) is 11.5 Å². The van der Waals surface area contributed by atoms with Crippen LogP contribution >= 0.6 is 11.6 Å². The number of anilines is 2. The molecular formula is C26H25ClN6O2. The van der Waals surface area contributed by atoms with E-state index < -0.39 is 0 Å². The summed E-state index contributed by atoms with van der Waals surface area (Å²) in [6.07, 6.45) is 1.42. The van der Waals surface area contributed by atoms with Crippen LogP contribution in [0.25, 0.3) is 16.5 Å². The highest BCUT2D eigenvalue weighted by atomic mass is 35.5. The molecule has 0 saturated heterocycles. The molecule has 0 fully saturated rings. The SMILES string of the molecule is CC(Nc1ncnc2c1C(=O)N(C(C)C)CN2)c1cc2cccc(Cl)c2c(=O)n1-c1ccccc1. The smallest absolute Gasteiger partial charge is 0.264 e. The summed E-state index contributed by atoms with van der Waals surface area (Å²) in [7, 11) is 0. The number of hydrogen-bond acceptors (Lipinski definition) is 6. The molecule has 8 nitrogen and oxygen atoms in total. The minimum absolute atomic E-state index is 0.0159. The quantitative estimate of drug-likeness (QED) is 0.417. The van der Waals surface area contributed by atoms with Crippen molar-refractivity contribution < 1.29 is 4.79 Å². The topological polar surface area (TPSA) is 92.2 Å². The first kappa shape index (κ1) is 22.9. The van der Waals surface area contributed by atoms with Crippen LogP contribution < -0.4 is 16.2 Å². The van der Waals surface area contributed by atoms with Crippen LogP contribution in [-0.2, 0) is 0 Å². The van der Waals surface area contributed by atoms with Crippen molar-refractivity contribution >= 4 is 39.9 Å². The van der Waals surface area contributed by atoms with Gasteiger partial charge in [0.1, 0.15) is 23.5 Å². The van der Waals surface area contributed by atoms with Crippen molar-refractivity contribution in [2.24, 2.45) is 0 Å². The van der Waals surface area contributed by atoms with E-state index in [1.165, 1.54) is 6.33 Å². The Morgan fingerprint density at radius 3 is 2.54 bits per heavy atom. The minimum Gasteiger partial charge on any atom is -0.361 e. The first-order valence-corrected chi connectivity index (χ1v) is 11.8. The Morgan fingerprint density at radius 2 is 1.80 bits per heavy atom. The number of pyridine rings is 1. The summed E-state index contributed by atoms with van der Waals surface area (Å²) < 4.78 is 1.65. The van der Waals surface area contributed by atoms with Crippen LogP contribution in [0.15, 0.2) is 65.7 Å². The first-order chi connectivity index (χ1) is 16.9. The normalized spacial score (nSPS) is 14.1. The molecule has 0 saturated carbocycles. The monoisotopic (exact) mass is 488 g/mol. The van der Waals surface area contributed by atoms with Crippen molar-refractivity contribution in [2.45, 2.75) is 32.9 Å². The Bertz CT molecular complexity index is 1480. The first-order valence-electron chi connectivity index (χ1n) is 11.4. The molecule has 0 aliphatic carbocycles. The Labute approximate surface area is 207 Å². The van der Waals surface area contributed by atoms with Gasteiger partial charge in [-0.2, -0.15) is 0 Å². The van der Waals surface area contributed by atoms with E-state index in [1.54, 1.807) is 15.5 Å². The van der Waals surface area contributed by atoms with Crippen LogP contribution in [0.2, 0.25) is 5.02 Å². The number of rotatable bonds is 5. The van der Waals surface area contributed by atoms with Crippen LogP contribution in [0.5, 0.6) is 0 Å². The van der Waals surface area contributed by atoms with Crippen LogP contribution in [0.3, 0.4) is 0 Å². The van der Waals surface area contributed by atoms with Crippen molar-refractivity contribution in [1.82, 2.24) is 19.4 Å². The molecule has 178 valence electrons. The number of benzene rings is 2. The van der Waals surface area contributed by atoms with Crippen molar-refractivity contribution in [3.8, 4) is 5.69 Å². The molecule has 1 amide bonds. The molecule has 1 unspecified atom stereocenters. The van der Waals surface area contributed by atoms with E-state index in [2.05, 4.69) is 20.6 Å². The molecule has 2 aromatic carbocycles. The van der Waals surface area contributed by atoms with Gasteiger partial charge in [0.05, 0.1) is 23.1 Å². The van der Waals surface area contributed by atoms with Gasteiger partial charge in [-0.3, -0.25) is 14.2 Å². The predicted octanol–water partition coefficient (Wildman–Crippen LogP) is 4.84. The lowest BCUT2D eigenvalue weighted by atomic mass is 10.1. The number of amides is 1. The van der Waals surface area contributed by atoms with Gasteiger partial charge in [0.2, 0.25) is 0 Å².